The summed E-state index contributed by atoms with van der Waals surface area (Å²) in [5.41, 5.74) is 8.65. The average Bonchev–Trinajstić information content (AvgIpc) is 3.28. The van der Waals surface area contributed by atoms with Crippen LogP contribution >= 0.6 is 15.9 Å². The lowest BCUT2D eigenvalue weighted by atomic mass is 9.92. The highest BCUT2D eigenvalue weighted by atomic mass is 79.9. The fourth-order valence-corrected chi connectivity index (χ4v) is 3.93. The molecule has 4 rings (SSSR count). The Labute approximate surface area is 172 Å². The Kier molecular flexibility index (Phi) is 5.54. The highest BCUT2D eigenvalue weighted by Crippen LogP contribution is 2.27. The standard InChI is InChI=1S/C19H26BrN7O/c1-11(2)27-10-23-15-17(22-9-12-7-8-28-16(12)20)25-19(26-18(15)27)24-14-5-3-13(21)4-6-14/h7-8,10-11,13-14H,3-6,9,21H2,1-2H3,(H2,22,24,25,26). The molecule has 0 amide bonds. The SMILES string of the molecule is CC(C)n1cnc2c(NCc3ccoc3Br)nc(NC3CCC(N)CC3)nc21. The molecule has 1 saturated carbocycles. The van der Waals surface area contributed by atoms with Gasteiger partial charge < -0.3 is 25.4 Å². The third kappa shape index (κ3) is 4.00. The van der Waals surface area contributed by atoms with E-state index in [1.54, 1.807) is 6.26 Å². The van der Waals surface area contributed by atoms with Crippen LogP contribution in [0, 0.1) is 0 Å². The number of anilines is 2. The highest BCUT2D eigenvalue weighted by molar-refractivity contribution is 9.10. The van der Waals surface area contributed by atoms with E-state index >= 15 is 0 Å². The van der Waals surface area contributed by atoms with Gasteiger partial charge in [0.05, 0.1) is 12.6 Å². The highest BCUT2D eigenvalue weighted by Gasteiger charge is 2.21. The van der Waals surface area contributed by atoms with Crippen molar-refractivity contribution in [2.75, 3.05) is 10.6 Å². The predicted octanol–water partition coefficient (Wildman–Crippen LogP) is 4.06. The second kappa shape index (κ2) is 8.08. The van der Waals surface area contributed by atoms with E-state index in [1.165, 1.54) is 0 Å². The average molecular weight is 448 g/mol. The minimum absolute atomic E-state index is 0.260. The molecule has 1 aliphatic rings. The molecule has 8 nitrogen and oxygen atoms in total. The van der Waals surface area contributed by atoms with E-state index in [0.717, 1.165) is 47.1 Å². The van der Waals surface area contributed by atoms with Crippen molar-refractivity contribution in [3.63, 3.8) is 0 Å². The molecule has 3 aromatic rings. The van der Waals surface area contributed by atoms with Crippen molar-refractivity contribution >= 4 is 38.9 Å². The van der Waals surface area contributed by atoms with E-state index in [9.17, 15) is 0 Å². The maximum atomic E-state index is 6.03. The van der Waals surface area contributed by atoms with Gasteiger partial charge in [-0.3, -0.25) is 0 Å². The summed E-state index contributed by atoms with van der Waals surface area (Å²) in [4.78, 5) is 14.1. The van der Waals surface area contributed by atoms with Crippen LogP contribution in [0.2, 0.25) is 0 Å². The molecule has 0 radical (unpaired) electrons. The van der Waals surface area contributed by atoms with Crippen LogP contribution < -0.4 is 16.4 Å². The van der Waals surface area contributed by atoms with Crippen LogP contribution in [0.5, 0.6) is 0 Å². The normalized spacial score (nSPS) is 20.0. The minimum Gasteiger partial charge on any atom is -0.457 e. The Balaban J connectivity index is 1.63. The number of aromatic nitrogens is 4. The van der Waals surface area contributed by atoms with Crippen molar-refractivity contribution in [1.82, 2.24) is 19.5 Å². The zero-order valence-electron chi connectivity index (χ0n) is 16.2. The monoisotopic (exact) mass is 447 g/mol. The van der Waals surface area contributed by atoms with E-state index in [-0.39, 0.29) is 6.04 Å². The van der Waals surface area contributed by atoms with Gasteiger partial charge in [0.1, 0.15) is 0 Å². The fraction of sp³-hybridized carbons (Fsp3) is 0.526. The lowest BCUT2D eigenvalue weighted by Crippen LogP contribution is -2.33. The first-order valence-corrected chi connectivity index (χ1v) is 10.5. The number of nitrogens with one attached hydrogen (secondary N) is 2. The van der Waals surface area contributed by atoms with Crippen LogP contribution in [0.3, 0.4) is 0 Å². The lowest BCUT2D eigenvalue weighted by Gasteiger charge is -2.27. The number of nitrogens with zero attached hydrogens (tertiary/aromatic N) is 4. The van der Waals surface area contributed by atoms with Crippen molar-refractivity contribution in [1.29, 1.82) is 0 Å². The predicted molar refractivity (Wildman–Crippen MR) is 113 cm³/mol. The molecule has 3 aromatic heterocycles. The summed E-state index contributed by atoms with van der Waals surface area (Å²) >= 11 is 3.42. The molecule has 150 valence electrons. The summed E-state index contributed by atoms with van der Waals surface area (Å²) in [6.45, 7) is 4.82. The third-order valence-electron chi connectivity index (χ3n) is 5.22. The summed E-state index contributed by atoms with van der Waals surface area (Å²) < 4.78 is 8.10. The van der Waals surface area contributed by atoms with E-state index in [1.807, 2.05) is 12.4 Å². The van der Waals surface area contributed by atoms with Gasteiger partial charge in [0.2, 0.25) is 5.95 Å². The molecule has 0 saturated heterocycles. The van der Waals surface area contributed by atoms with E-state index in [2.05, 4.69) is 50.0 Å². The molecule has 0 bridgehead atoms. The Bertz CT molecular complexity index is 943. The Morgan fingerprint density at radius 3 is 2.75 bits per heavy atom. The fourth-order valence-electron chi connectivity index (χ4n) is 3.55. The van der Waals surface area contributed by atoms with Gasteiger partial charge in [-0.15, -0.1) is 0 Å². The second-order valence-electron chi connectivity index (χ2n) is 7.64. The maximum Gasteiger partial charge on any atom is 0.227 e. The van der Waals surface area contributed by atoms with Crippen LogP contribution in [0.25, 0.3) is 11.2 Å². The molecule has 3 heterocycles. The summed E-state index contributed by atoms with van der Waals surface area (Å²) in [5, 5.41) is 6.90. The largest absolute Gasteiger partial charge is 0.457 e. The van der Waals surface area contributed by atoms with Crippen LogP contribution in [0.4, 0.5) is 11.8 Å². The van der Waals surface area contributed by atoms with Gasteiger partial charge in [-0.05, 0) is 61.5 Å². The Morgan fingerprint density at radius 1 is 1.29 bits per heavy atom. The van der Waals surface area contributed by atoms with Crippen molar-refractivity contribution < 1.29 is 4.42 Å². The smallest absolute Gasteiger partial charge is 0.227 e. The van der Waals surface area contributed by atoms with E-state index in [4.69, 9.17) is 20.1 Å². The van der Waals surface area contributed by atoms with Gasteiger partial charge >= 0.3 is 0 Å². The van der Waals surface area contributed by atoms with Crippen LogP contribution in [0.1, 0.15) is 51.1 Å². The second-order valence-corrected chi connectivity index (χ2v) is 8.36. The van der Waals surface area contributed by atoms with Crippen molar-refractivity contribution in [3.05, 3.63) is 28.9 Å². The van der Waals surface area contributed by atoms with Crippen molar-refractivity contribution in [2.24, 2.45) is 5.73 Å². The summed E-state index contributed by atoms with van der Waals surface area (Å²) in [7, 11) is 0. The Hall–Kier alpha value is -2.13. The molecule has 0 unspecified atom stereocenters. The molecule has 0 atom stereocenters. The first-order valence-electron chi connectivity index (χ1n) is 9.73. The molecule has 1 aliphatic carbocycles. The number of imidazole rings is 1. The molecule has 4 N–H and O–H groups in total. The number of hydrogen-bond acceptors (Lipinski definition) is 7. The van der Waals surface area contributed by atoms with Gasteiger partial charge in [-0.2, -0.15) is 9.97 Å². The lowest BCUT2D eigenvalue weighted by molar-refractivity contribution is 0.410. The number of hydrogen-bond donors (Lipinski definition) is 3. The number of rotatable bonds is 6. The minimum atomic E-state index is 0.260. The number of nitrogens with two attached hydrogens (primary N) is 1. The first kappa shape index (κ1) is 19.2. The molecular weight excluding hydrogens is 422 g/mol. The van der Waals surface area contributed by atoms with E-state index in [0.29, 0.717) is 30.4 Å². The zero-order chi connectivity index (χ0) is 19.7. The van der Waals surface area contributed by atoms with Crippen molar-refractivity contribution in [2.45, 2.75) is 64.2 Å². The summed E-state index contributed by atoms with van der Waals surface area (Å²) in [6, 6.07) is 2.85. The van der Waals surface area contributed by atoms with E-state index < -0.39 is 0 Å². The quantitative estimate of drug-likeness (QED) is 0.522. The molecule has 0 aliphatic heterocycles. The van der Waals surface area contributed by atoms with Crippen molar-refractivity contribution in [3.8, 4) is 0 Å². The summed E-state index contributed by atoms with van der Waals surface area (Å²) in [6.07, 6.45) is 7.62. The molecule has 0 aromatic carbocycles. The number of halogens is 1. The first-order chi connectivity index (χ1) is 13.5. The molecule has 0 spiro atoms. The molecular formula is C19H26BrN7O. The Morgan fingerprint density at radius 2 is 2.07 bits per heavy atom. The van der Waals surface area contributed by atoms with Crippen LogP contribution in [0.15, 0.2) is 27.7 Å². The van der Waals surface area contributed by atoms with Crippen LogP contribution in [-0.4, -0.2) is 31.6 Å². The number of furan rings is 1. The molecule has 9 heteroatoms. The molecule has 28 heavy (non-hydrogen) atoms. The number of fused-ring (bicyclic) bond motifs is 1. The van der Waals surface area contributed by atoms with Gasteiger partial charge in [0.15, 0.2) is 21.7 Å². The third-order valence-corrected chi connectivity index (χ3v) is 5.92. The maximum absolute atomic E-state index is 6.03. The van der Waals surface area contributed by atoms with Crippen LogP contribution in [-0.2, 0) is 6.54 Å². The topological polar surface area (TPSA) is 107 Å². The zero-order valence-corrected chi connectivity index (χ0v) is 17.7. The summed E-state index contributed by atoms with van der Waals surface area (Å²) in [5.74, 6) is 1.34. The van der Waals surface area contributed by atoms with Gasteiger partial charge in [0.25, 0.3) is 0 Å². The molecule has 1 fully saturated rings. The van der Waals surface area contributed by atoms with Gasteiger partial charge in [-0.25, -0.2) is 4.98 Å². The van der Waals surface area contributed by atoms with Gasteiger partial charge in [0, 0.05) is 30.2 Å². The van der Waals surface area contributed by atoms with Gasteiger partial charge in [-0.1, -0.05) is 0 Å².